The van der Waals surface area contributed by atoms with E-state index in [9.17, 15) is 0 Å². The average Bonchev–Trinajstić information content (AvgIpc) is 2.72. The average molecular weight is 214 g/mol. The molecule has 68 valence electrons. The minimum Gasteiger partial charge on any atom is -0.472 e. The standard InChI is InChI=1S/C9H8ClNOS/c10-9-8(2-4-13-9)11-5-7-1-3-12-6-7/h1-4,6,11H,5H2. The molecule has 0 saturated heterocycles. The summed E-state index contributed by atoms with van der Waals surface area (Å²) in [6, 6.07) is 3.89. The van der Waals surface area contributed by atoms with Gasteiger partial charge in [0.1, 0.15) is 4.34 Å². The third-order valence-corrected chi connectivity index (χ3v) is 2.85. The van der Waals surface area contributed by atoms with Gasteiger partial charge in [0.15, 0.2) is 0 Å². The highest BCUT2D eigenvalue weighted by Gasteiger charge is 2.00. The Morgan fingerprint density at radius 1 is 1.46 bits per heavy atom. The van der Waals surface area contributed by atoms with E-state index in [4.69, 9.17) is 16.0 Å². The Balaban J connectivity index is 1.97. The number of nitrogens with one attached hydrogen (secondary N) is 1. The molecule has 0 spiro atoms. The molecule has 0 aliphatic carbocycles. The molecule has 0 atom stereocenters. The van der Waals surface area contributed by atoms with Gasteiger partial charge in [-0.2, -0.15) is 0 Å². The summed E-state index contributed by atoms with van der Waals surface area (Å²) in [7, 11) is 0. The Kier molecular flexibility index (Phi) is 2.57. The van der Waals surface area contributed by atoms with E-state index < -0.39 is 0 Å². The van der Waals surface area contributed by atoms with Crippen molar-refractivity contribution in [3.63, 3.8) is 0 Å². The minimum absolute atomic E-state index is 0.743. The van der Waals surface area contributed by atoms with Gasteiger partial charge in [0, 0.05) is 12.1 Å². The summed E-state index contributed by atoms with van der Waals surface area (Å²) in [5, 5.41) is 5.17. The minimum atomic E-state index is 0.743. The second-order valence-corrected chi connectivity index (χ2v) is 4.11. The summed E-state index contributed by atoms with van der Waals surface area (Å²) in [6.45, 7) is 0.743. The molecule has 0 saturated carbocycles. The van der Waals surface area contributed by atoms with Gasteiger partial charge in [-0.05, 0) is 17.5 Å². The molecule has 0 aliphatic heterocycles. The fourth-order valence-corrected chi connectivity index (χ4v) is 1.88. The molecule has 2 aromatic heterocycles. The summed E-state index contributed by atoms with van der Waals surface area (Å²) in [4.78, 5) is 0. The van der Waals surface area contributed by atoms with Crippen molar-refractivity contribution < 1.29 is 4.42 Å². The Morgan fingerprint density at radius 3 is 3.00 bits per heavy atom. The number of furan rings is 1. The first-order chi connectivity index (χ1) is 6.36. The summed E-state index contributed by atoms with van der Waals surface area (Å²) in [6.07, 6.45) is 3.37. The van der Waals surface area contributed by atoms with Gasteiger partial charge in [-0.25, -0.2) is 0 Å². The smallest absolute Gasteiger partial charge is 0.116 e. The molecule has 0 fully saturated rings. The predicted molar refractivity (Wildman–Crippen MR) is 55.4 cm³/mol. The number of thiophene rings is 1. The molecule has 2 rings (SSSR count). The van der Waals surface area contributed by atoms with Crippen molar-refractivity contribution in [2.75, 3.05) is 5.32 Å². The first kappa shape index (κ1) is 8.66. The predicted octanol–water partition coefficient (Wildman–Crippen LogP) is 3.61. The van der Waals surface area contributed by atoms with Gasteiger partial charge < -0.3 is 9.73 Å². The fraction of sp³-hybridized carbons (Fsp3) is 0.111. The SMILES string of the molecule is Clc1sccc1NCc1ccoc1. The van der Waals surface area contributed by atoms with Crippen LogP contribution in [0.1, 0.15) is 5.56 Å². The van der Waals surface area contributed by atoms with Crippen LogP contribution in [-0.4, -0.2) is 0 Å². The highest BCUT2D eigenvalue weighted by molar-refractivity contribution is 7.15. The van der Waals surface area contributed by atoms with Gasteiger partial charge >= 0.3 is 0 Å². The molecule has 2 aromatic rings. The number of hydrogen-bond acceptors (Lipinski definition) is 3. The summed E-state index contributed by atoms with van der Waals surface area (Å²) >= 11 is 7.43. The fourth-order valence-electron chi connectivity index (χ4n) is 1.01. The molecular weight excluding hydrogens is 206 g/mol. The van der Waals surface area contributed by atoms with E-state index >= 15 is 0 Å². The van der Waals surface area contributed by atoms with E-state index in [1.165, 1.54) is 11.3 Å². The topological polar surface area (TPSA) is 25.2 Å². The molecule has 13 heavy (non-hydrogen) atoms. The van der Waals surface area contributed by atoms with E-state index in [0.29, 0.717) is 0 Å². The van der Waals surface area contributed by atoms with E-state index in [2.05, 4.69) is 5.32 Å². The van der Waals surface area contributed by atoms with Gasteiger partial charge in [-0.15, -0.1) is 11.3 Å². The first-order valence-corrected chi connectivity index (χ1v) is 5.10. The number of rotatable bonds is 3. The van der Waals surface area contributed by atoms with Crippen molar-refractivity contribution >= 4 is 28.6 Å². The largest absolute Gasteiger partial charge is 0.472 e. The Labute approximate surface area is 85.1 Å². The number of hydrogen-bond donors (Lipinski definition) is 1. The molecule has 0 aliphatic rings. The summed E-state index contributed by atoms with van der Waals surface area (Å²) in [5.41, 5.74) is 2.09. The molecule has 4 heteroatoms. The Hall–Kier alpha value is -0.930. The molecule has 0 aromatic carbocycles. The molecule has 0 unspecified atom stereocenters. The van der Waals surface area contributed by atoms with Crippen LogP contribution < -0.4 is 5.32 Å². The van der Waals surface area contributed by atoms with E-state index in [-0.39, 0.29) is 0 Å². The zero-order valence-electron chi connectivity index (χ0n) is 6.79. The molecule has 2 heterocycles. The van der Waals surface area contributed by atoms with Crippen LogP contribution in [0.4, 0.5) is 5.69 Å². The van der Waals surface area contributed by atoms with Crippen LogP contribution in [0.2, 0.25) is 4.34 Å². The van der Waals surface area contributed by atoms with Crippen molar-refractivity contribution in [3.8, 4) is 0 Å². The van der Waals surface area contributed by atoms with E-state index in [0.717, 1.165) is 22.1 Å². The lowest BCUT2D eigenvalue weighted by atomic mass is 10.3. The van der Waals surface area contributed by atoms with Crippen molar-refractivity contribution in [2.24, 2.45) is 0 Å². The number of halogens is 1. The van der Waals surface area contributed by atoms with E-state index in [1.54, 1.807) is 12.5 Å². The van der Waals surface area contributed by atoms with Crippen molar-refractivity contribution in [2.45, 2.75) is 6.54 Å². The van der Waals surface area contributed by atoms with Crippen LogP contribution in [0, 0.1) is 0 Å². The van der Waals surface area contributed by atoms with Gasteiger partial charge in [-0.3, -0.25) is 0 Å². The van der Waals surface area contributed by atoms with Crippen LogP contribution >= 0.6 is 22.9 Å². The van der Waals surface area contributed by atoms with Crippen LogP contribution in [0.5, 0.6) is 0 Å². The lowest BCUT2D eigenvalue weighted by Crippen LogP contribution is -1.96. The van der Waals surface area contributed by atoms with Gasteiger partial charge in [0.05, 0.1) is 18.2 Å². The van der Waals surface area contributed by atoms with Crippen LogP contribution in [0.25, 0.3) is 0 Å². The first-order valence-electron chi connectivity index (χ1n) is 3.84. The number of anilines is 1. The summed E-state index contributed by atoms with van der Waals surface area (Å²) < 4.78 is 5.74. The normalized spacial score (nSPS) is 10.2. The third kappa shape index (κ3) is 2.05. The second kappa shape index (κ2) is 3.85. The van der Waals surface area contributed by atoms with Crippen molar-refractivity contribution in [3.05, 3.63) is 39.9 Å². The quantitative estimate of drug-likeness (QED) is 0.843. The maximum atomic E-state index is 5.91. The van der Waals surface area contributed by atoms with Crippen LogP contribution in [0.15, 0.2) is 34.5 Å². The zero-order valence-corrected chi connectivity index (χ0v) is 8.36. The van der Waals surface area contributed by atoms with E-state index in [1.807, 2.05) is 17.5 Å². The molecule has 2 nitrogen and oxygen atoms in total. The molecule has 0 amide bonds. The molecular formula is C9H8ClNOS. The van der Waals surface area contributed by atoms with Gasteiger partial charge in [0.2, 0.25) is 0 Å². The Morgan fingerprint density at radius 2 is 2.38 bits per heavy atom. The molecule has 1 N–H and O–H groups in total. The Bertz CT molecular complexity index is 369. The molecule has 0 bridgehead atoms. The van der Waals surface area contributed by atoms with Crippen LogP contribution in [0.3, 0.4) is 0 Å². The van der Waals surface area contributed by atoms with Crippen molar-refractivity contribution in [1.29, 1.82) is 0 Å². The van der Waals surface area contributed by atoms with Crippen molar-refractivity contribution in [1.82, 2.24) is 0 Å². The van der Waals surface area contributed by atoms with Gasteiger partial charge in [0.25, 0.3) is 0 Å². The van der Waals surface area contributed by atoms with Crippen LogP contribution in [-0.2, 0) is 6.54 Å². The monoisotopic (exact) mass is 213 g/mol. The molecule has 0 radical (unpaired) electrons. The third-order valence-electron chi connectivity index (χ3n) is 1.68. The maximum absolute atomic E-state index is 5.91. The highest BCUT2D eigenvalue weighted by atomic mass is 35.5. The maximum Gasteiger partial charge on any atom is 0.116 e. The lowest BCUT2D eigenvalue weighted by Gasteiger charge is -2.01. The lowest BCUT2D eigenvalue weighted by molar-refractivity contribution is 0.564. The van der Waals surface area contributed by atoms with Gasteiger partial charge in [-0.1, -0.05) is 11.6 Å². The zero-order chi connectivity index (χ0) is 9.10. The highest BCUT2D eigenvalue weighted by Crippen LogP contribution is 2.27. The second-order valence-electron chi connectivity index (χ2n) is 2.59. The summed E-state index contributed by atoms with van der Waals surface area (Å²) in [5.74, 6) is 0.